The van der Waals surface area contributed by atoms with Crippen LogP contribution in [0.2, 0.25) is 0 Å². The molecule has 1 heterocycles. The zero-order valence-electron chi connectivity index (χ0n) is 7.70. The molecule has 1 nitrogen and oxygen atoms in total. The van der Waals surface area contributed by atoms with Crippen molar-refractivity contribution in [2.45, 2.75) is 0 Å². The number of hydrogen-bond donors (Lipinski definition) is 0. The van der Waals surface area contributed by atoms with E-state index in [1.165, 1.54) is 0 Å². The molecule has 0 spiro atoms. The average molecular weight is 441 g/mol. The van der Waals surface area contributed by atoms with Crippen LogP contribution in [0.3, 0.4) is 0 Å². The molecule has 78 valence electrons. The number of nitrogens with zero attached hydrogens (tertiary/aromatic N) is 1. The molecular weight excluding hydrogens is 433 g/mol. The Morgan fingerprint density at radius 2 is 1.33 bits per heavy atom. The summed E-state index contributed by atoms with van der Waals surface area (Å²) in [6.45, 7) is 0. The van der Waals surface area contributed by atoms with Gasteiger partial charge in [-0.3, -0.25) is 0 Å². The van der Waals surface area contributed by atoms with Crippen molar-refractivity contribution in [1.29, 1.82) is 0 Å². The minimum atomic E-state index is 0. The molecule has 2 rings (SSSR count). The molecule has 0 aliphatic rings. The van der Waals surface area contributed by atoms with Crippen molar-refractivity contribution in [3.05, 3.63) is 57.7 Å². The highest BCUT2D eigenvalue weighted by Crippen LogP contribution is 2.19. The normalized spacial score (nSPS) is 9.47. The highest BCUT2D eigenvalue weighted by Gasteiger charge is 2.05. The number of aromatic nitrogens is 1. The van der Waals surface area contributed by atoms with E-state index in [-0.39, 0.29) is 24.0 Å². The topological polar surface area (TPSA) is 3.88 Å². The zero-order valence-corrected chi connectivity index (χ0v) is 13.0. The van der Waals surface area contributed by atoms with E-state index in [0.29, 0.717) is 0 Å². The van der Waals surface area contributed by atoms with Crippen LogP contribution in [0, 0.1) is 0 Å². The Morgan fingerprint density at radius 3 is 1.87 bits per heavy atom. The molecule has 1 aromatic carbocycles. The Morgan fingerprint density at radius 1 is 0.800 bits per heavy atom. The van der Waals surface area contributed by atoms with E-state index in [4.69, 9.17) is 0 Å². The van der Waals surface area contributed by atoms with Crippen molar-refractivity contribution in [3.8, 4) is 5.69 Å². The molecular formula is C11H8Br2IN. The van der Waals surface area contributed by atoms with E-state index in [1.807, 2.05) is 36.7 Å². The number of halogens is 3. The molecule has 0 atom stereocenters. The van der Waals surface area contributed by atoms with Crippen LogP contribution in [0.25, 0.3) is 5.69 Å². The van der Waals surface area contributed by atoms with Crippen molar-refractivity contribution in [1.82, 2.24) is 0 Å². The third-order valence-corrected chi connectivity index (χ3v) is 2.78. The molecule has 0 saturated carbocycles. The standard InChI is InChI=1S/C11H8Br2N.HI/c12-9-6-10(13)8-11(7-9)14-4-2-1-3-5-14;/h1-8H;1H/q+1;/p-1. The summed E-state index contributed by atoms with van der Waals surface area (Å²) < 4.78 is 4.20. The largest absolute Gasteiger partial charge is 1.00 e. The Hall–Kier alpha value is 0.0600. The van der Waals surface area contributed by atoms with Crippen molar-refractivity contribution < 1.29 is 28.5 Å². The number of benzene rings is 1. The Labute approximate surface area is 123 Å². The third-order valence-electron chi connectivity index (χ3n) is 1.86. The molecule has 0 aliphatic carbocycles. The number of rotatable bonds is 1. The summed E-state index contributed by atoms with van der Waals surface area (Å²) in [6, 6.07) is 12.2. The van der Waals surface area contributed by atoms with Crippen molar-refractivity contribution in [3.63, 3.8) is 0 Å². The Kier molecular flexibility index (Phi) is 5.22. The van der Waals surface area contributed by atoms with Crippen LogP contribution in [-0.4, -0.2) is 0 Å². The number of pyridine rings is 1. The summed E-state index contributed by atoms with van der Waals surface area (Å²) in [7, 11) is 0. The van der Waals surface area contributed by atoms with Crippen LogP contribution < -0.4 is 28.5 Å². The molecule has 0 saturated heterocycles. The smallest absolute Gasteiger partial charge is 0.212 e. The van der Waals surface area contributed by atoms with Gasteiger partial charge in [0.1, 0.15) is 0 Å². The molecule has 0 unspecified atom stereocenters. The minimum absolute atomic E-state index is 0. The van der Waals surface area contributed by atoms with Crippen LogP contribution in [0.15, 0.2) is 57.7 Å². The van der Waals surface area contributed by atoms with Gasteiger partial charge >= 0.3 is 0 Å². The second-order valence-corrected chi connectivity index (χ2v) is 4.74. The molecule has 15 heavy (non-hydrogen) atoms. The average Bonchev–Trinajstić information content (AvgIpc) is 2.18. The monoisotopic (exact) mass is 439 g/mol. The maximum Gasteiger partial charge on any atom is 0.212 e. The fourth-order valence-corrected chi connectivity index (χ4v) is 2.53. The lowest BCUT2D eigenvalue weighted by Gasteiger charge is -1.97. The van der Waals surface area contributed by atoms with Gasteiger partial charge in [-0.1, -0.05) is 37.9 Å². The quantitative estimate of drug-likeness (QED) is 0.449. The molecule has 1 aromatic heterocycles. The van der Waals surface area contributed by atoms with Gasteiger partial charge in [0.05, 0.1) is 0 Å². The maximum absolute atomic E-state index is 3.47. The van der Waals surface area contributed by atoms with Crippen molar-refractivity contribution >= 4 is 31.9 Å². The first-order valence-corrected chi connectivity index (χ1v) is 5.77. The van der Waals surface area contributed by atoms with Crippen LogP contribution in [-0.2, 0) is 0 Å². The molecule has 0 bridgehead atoms. The maximum atomic E-state index is 3.47. The van der Waals surface area contributed by atoms with Gasteiger partial charge in [-0.05, 0) is 6.07 Å². The Balaban J connectivity index is 0.00000112. The Bertz CT molecular complexity index is 425. The minimum Gasteiger partial charge on any atom is -1.00 e. The van der Waals surface area contributed by atoms with Crippen molar-refractivity contribution in [2.75, 3.05) is 0 Å². The summed E-state index contributed by atoms with van der Waals surface area (Å²) in [6.07, 6.45) is 4.04. The van der Waals surface area contributed by atoms with Crippen LogP contribution in [0.5, 0.6) is 0 Å². The first-order valence-electron chi connectivity index (χ1n) is 4.18. The lowest BCUT2D eigenvalue weighted by Crippen LogP contribution is -3.00. The zero-order chi connectivity index (χ0) is 9.97. The van der Waals surface area contributed by atoms with Gasteiger partial charge in [-0.2, -0.15) is 4.57 Å². The highest BCUT2D eigenvalue weighted by atomic mass is 127. The van der Waals surface area contributed by atoms with Crippen LogP contribution in [0.4, 0.5) is 0 Å². The van der Waals surface area contributed by atoms with Gasteiger partial charge < -0.3 is 24.0 Å². The lowest BCUT2D eigenvalue weighted by molar-refractivity contribution is -0.595. The van der Waals surface area contributed by atoms with Gasteiger partial charge in [0.15, 0.2) is 12.4 Å². The van der Waals surface area contributed by atoms with E-state index in [1.54, 1.807) is 0 Å². The van der Waals surface area contributed by atoms with Gasteiger partial charge in [0.25, 0.3) is 0 Å². The van der Waals surface area contributed by atoms with Crippen molar-refractivity contribution in [2.24, 2.45) is 0 Å². The molecule has 4 heteroatoms. The van der Waals surface area contributed by atoms with Crippen LogP contribution in [0.1, 0.15) is 0 Å². The van der Waals surface area contributed by atoms with Gasteiger partial charge in [0.2, 0.25) is 5.69 Å². The second kappa shape index (κ2) is 5.96. The summed E-state index contributed by atoms with van der Waals surface area (Å²) in [5.41, 5.74) is 1.13. The lowest BCUT2D eigenvalue weighted by atomic mass is 10.3. The van der Waals surface area contributed by atoms with E-state index in [0.717, 1.165) is 14.6 Å². The number of hydrogen-bond acceptors (Lipinski definition) is 0. The molecule has 2 aromatic rings. The molecule has 0 amide bonds. The first-order chi connectivity index (χ1) is 6.75. The summed E-state index contributed by atoms with van der Waals surface area (Å²) in [4.78, 5) is 0. The van der Waals surface area contributed by atoms with E-state index >= 15 is 0 Å². The highest BCUT2D eigenvalue weighted by molar-refractivity contribution is 9.11. The van der Waals surface area contributed by atoms with E-state index in [2.05, 4.69) is 48.6 Å². The van der Waals surface area contributed by atoms with Gasteiger partial charge in [-0.25, -0.2) is 0 Å². The fourth-order valence-electron chi connectivity index (χ4n) is 1.26. The molecule has 0 aliphatic heterocycles. The third kappa shape index (κ3) is 3.53. The summed E-state index contributed by atoms with van der Waals surface area (Å²) >= 11 is 6.93. The summed E-state index contributed by atoms with van der Waals surface area (Å²) in [5.74, 6) is 0. The van der Waals surface area contributed by atoms with Gasteiger partial charge in [0, 0.05) is 33.2 Å². The van der Waals surface area contributed by atoms with Gasteiger partial charge in [-0.15, -0.1) is 0 Å². The summed E-state index contributed by atoms with van der Waals surface area (Å²) in [5, 5.41) is 0. The molecule has 0 radical (unpaired) electrons. The SMILES string of the molecule is Brc1cc(Br)cc(-[n+]2ccccc2)c1.[I-]. The first kappa shape index (κ1) is 13.1. The molecule has 0 N–H and O–H groups in total. The van der Waals surface area contributed by atoms with E-state index in [9.17, 15) is 0 Å². The van der Waals surface area contributed by atoms with Crippen LogP contribution >= 0.6 is 31.9 Å². The fraction of sp³-hybridized carbons (Fsp3) is 0. The molecule has 0 fully saturated rings. The predicted octanol–water partition coefficient (Wildman–Crippen LogP) is 0.492. The predicted molar refractivity (Wildman–Crippen MR) is 63.4 cm³/mol. The second-order valence-electron chi connectivity index (χ2n) is 2.91. The van der Waals surface area contributed by atoms with E-state index < -0.39 is 0 Å².